The first-order valence-corrected chi connectivity index (χ1v) is 11.8. The second-order valence-electron chi connectivity index (χ2n) is 9.09. The zero-order valence-electron chi connectivity index (χ0n) is 20.4. The fraction of sp³-hybridized carbons (Fsp3) is 0.154. The van der Waals surface area contributed by atoms with E-state index in [1.807, 2.05) is 20.0 Å². The summed E-state index contributed by atoms with van der Waals surface area (Å²) in [4.78, 5) is 26.7. The van der Waals surface area contributed by atoms with Crippen molar-refractivity contribution in [1.82, 2.24) is 38.9 Å². The molecule has 0 amide bonds. The van der Waals surface area contributed by atoms with Crippen molar-refractivity contribution in [2.24, 2.45) is 0 Å². The van der Waals surface area contributed by atoms with Crippen molar-refractivity contribution in [3.63, 3.8) is 0 Å². The van der Waals surface area contributed by atoms with Gasteiger partial charge in [-0.2, -0.15) is 10.2 Å². The van der Waals surface area contributed by atoms with Gasteiger partial charge in [0.15, 0.2) is 5.65 Å². The Labute approximate surface area is 214 Å². The number of fused-ring (bicyclic) bond motifs is 2. The summed E-state index contributed by atoms with van der Waals surface area (Å²) < 4.78 is 32.6. The molecule has 0 radical (unpaired) electrons. The monoisotopic (exact) mass is 513 g/mol. The normalized spacial score (nSPS) is 11.7. The molecule has 5 heterocycles. The average Bonchev–Trinajstić information content (AvgIpc) is 3.51. The van der Waals surface area contributed by atoms with E-state index in [0.29, 0.717) is 28.0 Å². The number of hydrogen-bond acceptors (Lipinski definition) is 7. The third-order valence-corrected chi connectivity index (χ3v) is 6.24. The Morgan fingerprint density at radius 2 is 1.87 bits per heavy atom. The highest BCUT2D eigenvalue weighted by Gasteiger charge is 2.22. The summed E-state index contributed by atoms with van der Waals surface area (Å²) >= 11 is 0. The van der Waals surface area contributed by atoms with Crippen molar-refractivity contribution in [2.75, 3.05) is 5.73 Å². The first kappa shape index (κ1) is 23.4. The molecule has 12 heteroatoms. The van der Waals surface area contributed by atoms with Crippen LogP contribution in [0.5, 0.6) is 0 Å². The molecule has 0 fully saturated rings. The number of halogens is 2. The second kappa shape index (κ2) is 8.83. The number of nitrogens with zero attached hydrogens (tertiary/aromatic N) is 8. The molecule has 0 aliphatic rings. The number of nitrogen functional groups attached to an aromatic ring is 1. The van der Waals surface area contributed by atoms with Crippen LogP contribution >= 0.6 is 0 Å². The maximum absolute atomic E-state index is 14.2. The van der Waals surface area contributed by atoms with Crippen molar-refractivity contribution >= 4 is 22.5 Å². The number of nitrogens with two attached hydrogens (primary N) is 1. The Kier molecular flexibility index (Phi) is 5.44. The highest BCUT2D eigenvalue weighted by Crippen LogP contribution is 2.31. The van der Waals surface area contributed by atoms with Gasteiger partial charge < -0.3 is 5.73 Å². The average molecular weight is 514 g/mol. The van der Waals surface area contributed by atoms with Crippen LogP contribution in [0.1, 0.15) is 25.6 Å². The quantitative estimate of drug-likeness (QED) is 0.372. The van der Waals surface area contributed by atoms with E-state index in [0.717, 1.165) is 16.2 Å². The minimum absolute atomic E-state index is 0.000232. The van der Waals surface area contributed by atoms with Gasteiger partial charge in [0.05, 0.1) is 29.4 Å². The van der Waals surface area contributed by atoms with Crippen LogP contribution in [0.3, 0.4) is 0 Å². The Bertz CT molecular complexity index is 1910. The summed E-state index contributed by atoms with van der Waals surface area (Å²) in [6.45, 7) is 4.02. The van der Waals surface area contributed by atoms with E-state index >= 15 is 0 Å². The molecule has 190 valence electrons. The fourth-order valence-corrected chi connectivity index (χ4v) is 4.43. The van der Waals surface area contributed by atoms with Crippen LogP contribution in [0.25, 0.3) is 39.1 Å². The van der Waals surface area contributed by atoms with Crippen LogP contribution in [0.4, 0.5) is 14.6 Å². The lowest BCUT2D eigenvalue weighted by atomic mass is 10.0. The third-order valence-electron chi connectivity index (χ3n) is 6.24. The molecule has 1 aromatic carbocycles. The summed E-state index contributed by atoms with van der Waals surface area (Å²) in [7, 11) is 0. The van der Waals surface area contributed by atoms with Crippen molar-refractivity contribution in [3.8, 4) is 22.4 Å². The van der Waals surface area contributed by atoms with E-state index in [2.05, 4.69) is 20.1 Å². The van der Waals surface area contributed by atoms with Gasteiger partial charge in [0, 0.05) is 24.0 Å². The number of benzene rings is 1. The van der Waals surface area contributed by atoms with Crippen LogP contribution < -0.4 is 11.3 Å². The van der Waals surface area contributed by atoms with E-state index in [-0.39, 0.29) is 29.6 Å². The molecule has 0 unspecified atom stereocenters. The lowest BCUT2D eigenvalue weighted by molar-refractivity contribution is 0.532. The molecule has 0 atom stereocenters. The zero-order valence-corrected chi connectivity index (χ0v) is 20.4. The predicted octanol–water partition coefficient (Wildman–Crippen LogP) is 3.85. The topological polar surface area (TPSA) is 122 Å². The molecule has 0 aliphatic heterocycles. The van der Waals surface area contributed by atoms with E-state index in [1.165, 1.54) is 36.7 Å². The fourth-order valence-electron chi connectivity index (χ4n) is 4.43. The van der Waals surface area contributed by atoms with Gasteiger partial charge in [-0.1, -0.05) is 12.1 Å². The molecule has 10 nitrogen and oxygen atoms in total. The predicted molar refractivity (Wildman–Crippen MR) is 137 cm³/mol. The van der Waals surface area contributed by atoms with Gasteiger partial charge in [0.2, 0.25) is 0 Å². The van der Waals surface area contributed by atoms with Crippen molar-refractivity contribution in [1.29, 1.82) is 0 Å². The second-order valence-corrected chi connectivity index (χ2v) is 9.09. The molecule has 2 N–H and O–H groups in total. The van der Waals surface area contributed by atoms with Crippen molar-refractivity contribution in [2.45, 2.75) is 26.4 Å². The molecule has 6 aromatic rings. The summed E-state index contributed by atoms with van der Waals surface area (Å²) in [5, 5.41) is 9.69. The lowest BCUT2D eigenvalue weighted by Crippen LogP contribution is -2.22. The lowest BCUT2D eigenvalue weighted by Gasteiger charge is -2.12. The van der Waals surface area contributed by atoms with Crippen molar-refractivity contribution in [3.05, 3.63) is 89.0 Å². The molecule has 38 heavy (non-hydrogen) atoms. The molecule has 0 saturated carbocycles. The zero-order chi connectivity index (χ0) is 26.6. The highest BCUT2D eigenvalue weighted by molar-refractivity contribution is 5.98. The summed E-state index contributed by atoms with van der Waals surface area (Å²) in [5.41, 5.74) is 8.33. The molecule has 0 aliphatic carbocycles. The van der Waals surface area contributed by atoms with E-state index in [4.69, 9.17) is 10.8 Å². The third kappa shape index (κ3) is 3.86. The van der Waals surface area contributed by atoms with E-state index in [1.54, 1.807) is 21.6 Å². The van der Waals surface area contributed by atoms with Gasteiger partial charge in [0.25, 0.3) is 5.56 Å². The van der Waals surface area contributed by atoms with Crippen LogP contribution in [0.15, 0.2) is 66.1 Å². The standard InChI is InChI=1S/C26H21F2N9O/c1-14(2)36-10-16(9-32-36)23-22-24(29)30-13-31-25(22)37(34-23)12-19-21(15-4-3-5-17(27)8-15)26(38)35-11-18(28)6-7-20(35)33-19/h3-11,13-14H,12H2,1-2H3,(H2,29,30,31). The number of hydrogen-bond donors (Lipinski definition) is 1. The molecule has 5 aromatic heterocycles. The molecule has 0 saturated heterocycles. The van der Waals surface area contributed by atoms with E-state index < -0.39 is 17.2 Å². The van der Waals surface area contributed by atoms with Crippen LogP contribution in [-0.4, -0.2) is 38.9 Å². The summed E-state index contributed by atoms with van der Waals surface area (Å²) in [6, 6.07) is 8.37. The number of rotatable bonds is 5. The summed E-state index contributed by atoms with van der Waals surface area (Å²) in [6.07, 6.45) is 5.93. The minimum atomic E-state index is -0.601. The smallest absolute Gasteiger partial charge is 0.266 e. The maximum Gasteiger partial charge on any atom is 0.266 e. The summed E-state index contributed by atoms with van der Waals surface area (Å²) in [5.74, 6) is -0.885. The molecular weight excluding hydrogens is 492 g/mol. The molecule has 0 spiro atoms. The Hall–Kier alpha value is -5.00. The van der Waals surface area contributed by atoms with Crippen LogP contribution in [0.2, 0.25) is 0 Å². The number of pyridine rings is 1. The largest absolute Gasteiger partial charge is 0.383 e. The maximum atomic E-state index is 14.2. The van der Waals surface area contributed by atoms with Crippen LogP contribution in [0, 0.1) is 11.6 Å². The van der Waals surface area contributed by atoms with E-state index in [9.17, 15) is 13.6 Å². The van der Waals surface area contributed by atoms with Gasteiger partial charge >= 0.3 is 0 Å². The van der Waals surface area contributed by atoms with Crippen molar-refractivity contribution < 1.29 is 8.78 Å². The molecule has 0 bridgehead atoms. The van der Waals surface area contributed by atoms with Gasteiger partial charge in [0.1, 0.15) is 35.1 Å². The Morgan fingerprint density at radius 3 is 2.63 bits per heavy atom. The van der Waals surface area contributed by atoms with Gasteiger partial charge in [-0.3, -0.25) is 13.9 Å². The Morgan fingerprint density at radius 1 is 1.03 bits per heavy atom. The minimum Gasteiger partial charge on any atom is -0.383 e. The first-order valence-electron chi connectivity index (χ1n) is 11.8. The number of aromatic nitrogens is 8. The highest BCUT2D eigenvalue weighted by atomic mass is 19.1. The van der Waals surface area contributed by atoms with Gasteiger partial charge in [-0.15, -0.1) is 0 Å². The molecule has 6 rings (SSSR count). The Balaban J connectivity index is 1.58. The van der Waals surface area contributed by atoms with Gasteiger partial charge in [-0.05, 0) is 43.7 Å². The molecular formula is C26H21F2N9O. The van der Waals surface area contributed by atoms with Crippen LogP contribution in [-0.2, 0) is 6.54 Å². The first-order chi connectivity index (χ1) is 18.3. The number of anilines is 1. The van der Waals surface area contributed by atoms with Gasteiger partial charge in [-0.25, -0.2) is 28.4 Å². The SMILES string of the molecule is CC(C)n1cc(-c2nn(Cc3nc4ccc(F)cn4c(=O)c3-c3cccc(F)c3)c3ncnc(N)c23)cn1.